The van der Waals surface area contributed by atoms with E-state index in [0.717, 1.165) is 25.2 Å². The molecule has 0 amide bonds. The maximum atomic E-state index is 11.3. The summed E-state index contributed by atoms with van der Waals surface area (Å²) in [5.74, 6) is 0. The topological polar surface area (TPSA) is 36.1 Å². The Bertz CT molecular complexity index is 603. The van der Waals surface area contributed by atoms with E-state index in [2.05, 4.69) is 34.1 Å². The minimum Gasteiger partial charge on any atom is -0.365 e. The molecule has 0 aliphatic carbocycles. The highest BCUT2D eigenvalue weighted by molar-refractivity contribution is 5.55. The van der Waals surface area contributed by atoms with E-state index in [0.29, 0.717) is 0 Å². The Kier molecular flexibility index (Phi) is 2.89. The fourth-order valence-electron chi connectivity index (χ4n) is 2.57. The van der Waals surface area contributed by atoms with Gasteiger partial charge in [0.05, 0.1) is 6.54 Å². The molecule has 0 saturated heterocycles. The third kappa shape index (κ3) is 2.16. The molecule has 0 radical (unpaired) electrons. The molecule has 3 nitrogen and oxygen atoms in total. The van der Waals surface area contributed by atoms with Gasteiger partial charge in [0.15, 0.2) is 0 Å². The minimum atomic E-state index is -0.0298. The number of hydrogen-bond donors (Lipinski definition) is 1. The third-order valence-corrected chi connectivity index (χ3v) is 3.40. The van der Waals surface area contributed by atoms with Crippen LogP contribution >= 0.6 is 0 Å². The Balaban J connectivity index is 1.88. The smallest absolute Gasteiger partial charge is 0.248 e. The van der Waals surface area contributed by atoms with E-state index in [1.807, 2.05) is 12.1 Å². The van der Waals surface area contributed by atoms with Crippen molar-refractivity contribution in [3.63, 3.8) is 0 Å². The molecule has 0 spiro atoms. The number of aromatic amines is 1. The van der Waals surface area contributed by atoms with E-state index in [4.69, 9.17) is 0 Å². The summed E-state index contributed by atoms with van der Waals surface area (Å²) in [6, 6.07) is 13.8. The van der Waals surface area contributed by atoms with E-state index in [1.54, 1.807) is 6.07 Å². The van der Waals surface area contributed by atoms with Gasteiger partial charge in [-0.15, -0.1) is 0 Å². The van der Waals surface area contributed by atoms with Gasteiger partial charge in [0.25, 0.3) is 0 Å². The van der Waals surface area contributed by atoms with E-state index in [9.17, 15) is 4.79 Å². The lowest BCUT2D eigenvalue weighted by atomic mass is 10.0. The molecule has 0 bridgehead atoms. The highest BCUT2D eigenvalue weighted by Crippen LogP contribution is 2.27. The summed E-state index contributed by atoms with van der Waals surface area (Å²) in [5.41, 5.74) is 3.65. The van der Waals surface area contributed by atoms with Gasteiger partial charge in [0, 0.05) is 24.0 Å². The fourth-order valence-corrected chi connectivity index (χ4v) is 2.57. The van der Waals surface area contributed by atoms with Crippen LogP contribution in [0.5, 0.6) is 0 Å². The summed E-state index contributed by atoms with van der Waals surface area (Å²) in [6.07, 6.45) is 2.33. The van der Waals surface area contributed by atoms with E-state index >= 15 is 0 Å². The van der Waals surface area contributed by atoms with E-state index < -0.39 is 0 Å². The number of H-pyrrole nitrogens is 1. The summed E-state index contributed by atoms with van der Waals surface area (Å²) in [7, 11) is 0. The van der Waals surface area contributed by atoms with Crippen LogP contribution < -0.4 is 10.5 Å². The van der Waals surface area contributed by atoms with Gasteiger partial charge in [0.2, 0.25) is 5.56 Å². The number of aromatic nitrogens is 1. The zero-order valence-electron chi connectivity index (χ0n) is 10.2. The molecule has 0 atom stereocenters. The van der Waals surface area contributed by atoms with Gasteiger partial charge >= 0.3 is 0 Å². The second-order valence-electron chi connectivity index (χ2n) is 4.69. The van der Waals surface area contributed by atoms with Crippen molar-refractivity contribution in [2.75, 3.05) is 11.4 Å². The molecule has 1 aromatic heterocycles. The van der Waals surface area contributed by atoms with Gasteiger partial charge in [-0.25, -0.2) is 0 Å². The highest BCUT2D eigenvalue weighted by Gasteiger charge is 2.16. The van der Waals surface area contributed by atoms with Crippen molar-refractivity contribution in [1.82, 2.24) is 4.98 Å². The molecule has 0 unspecified atom stereocenters. The maximum Gasteiger partial charge on any atom is 0.248 e. The van der Waals surface area contributed by atoms with Crippen molar-refractivity contribution < 1.29 is 0 Å². The maximum absolute atomic E-state index is 11.3. The van der Waals surface area contributed by atoms with Gasteiger partial charge < -0.3 is 9.88 Å². The van der Waals surface area contributed by atoms with Crippen molar-refractivity contribution in [3.05, 3.63) is 64.1 Å². The Morgan fingerprint density at radius 2 is 2.00 bits per heavy atom. The van der Waals surface area contributed by atoms with Gasteiger partial charge in [-0.05, 0) is 30.5 Å². The van der Waals surface area contributed by atoms with Gasteiger partial charge in [-0.3, -0.25) is 4.79 Å². The van der Waals surface area contributed by atoms with Gasteiger partial charge in [-0.2, -0.15) is 0 Å². The van der Waals surface area contributed by atoms with Crippen molar-refractivity contribution in [1.29, 1.82) is 0 Å². The SMILES string of the molecule is O=c1cccc(CN2CCCc3ccccc32)[nH]1. The molecule has 18 heavy (non-hydrogen) atoms. The Morgan fingerprint density at radius 3 is 2.89 bits per heavy atom. The molecule has 1 aromatic carbocycles. The third-order valence-electron chi connectivity index (χ3n) is 3.40. The number of nitrogens with one attached hydrogen (secondary N) is 1. The van der Waals surface area contributed by atoms with Crippen molar-refractivity contribution in [3.8, 4) is 0 Å². The Labute approximate surface area is 106 Å². The predicted molar refractivity (Wildman–Crippen MR) is 72.9 cm³/mol. The summed E-state index contributed by atoms with van der Waals surface area (Å²) in [5, 5.41) is 0. The molecule has 0 saturated carbocycles. The first-order valence-corrected chi connectivity index (χ1v) is 6.34. The summed E-state index contributed by atoms with van der Waals surface area (Å²) in [6.45, 7) is 1.82. The molecule has 2 aromatic rings. The first-order valence-electron chi connectivity index (χ1n) is 6.34. The molecule has 1 aliphatic rings. The van der Waals surface area contributed by atoms with Crippen LogP contribution in [-0.4, -0.2) is 11.5 Å². The van der Waals surface area contributed by atoms with Gasteiger partial charge in [-0.1, -0.05) is 24.3 Å². The number of anilines is 1. The summed E-state index contributed by atoms with van der Waals surface area (Å²) >= 11 is 0. The van der Waals surface area contributed by atoms with Crippen LogP contribution in [-0.2, 0) is 13.0 Å². The molecule has 0 fully saturated rings. The lowest BCUT2D eigenvalue weighted by Crippen LogP contribution is -2.29. The van der Waals surface area contributed by atoms with Gasteiger partial charge in [0.1, 0.15) is 0 Å². The number of rotatable bonds is 2. The summed E-state index contributed by atoms with van der Waals surface area (Å²) < 4.78 is 0. The van der Waals surface area contributed by atoms with Crippen molar-refractivity contribution in [2.45, 2.75) is 19.4 Å². The highest BCUT2D eigenvalue weighted by atomic mass is 16.1. The number of benzene rings is 1. The number of fused-ring (bicyclic) bond motifs is 1. The Morgan fingerprint density at radius 1 is 1.11 bits per heavy atom. The molecular weight excluding hydrogens is 224 g/mol. The number of aryl methyl sites for hydroxylation is 1. The standard InChI is InChI=1S/C15H16N2O/c18-15-9-3-7-13(16-15)11-17-10-4-6-12-5-1-2-8-14(12)17/h1-3,5,7-9H,4,6,10-11H2,(H,16,18). The first-order chi connectivity index (χ1) is 8.83. The number of para-hydroxylation sites is 1. The van der Waals surface area contributed by atoms with Crippen molar-refractivity contribution in [2.24, 2.45) is 0 Å². The van der Waals surface area contributed by atoms with E-state index in [-0.39, 0.29) is 5.56 Å². The number of nitrogens with zero attached hydrogens (tertiary/aromatic N) is 1. The average Bonchev–Trinajstić information content (AvgIpc) is 2.39. The minimum absolute atomic E-state index is 0.0298. The number of hydrogen-bond acceptors (Lipinski definition) is 2. The normalized spacial score (nSPS) is 14.3. The second kappa shape index (κ2) is 4.69. The van der Waals surface area contributed by atoms with Crippen LogP contribution in [0.3, 0.4) is 0 Å². The monoisotopic (exact) mass is 240 g/mol. The largest absolute Gasteiger partial charge is 0.365 e. The predicted octanol–water partition coefficient (Wildman–Crippen LogP) is 2.33. The first kappa shape index (κ1) is 11.1. The van der Waals surface area contributed by atoms with Crippen LogP contribution in [0.25, 0.3) is 0 Å². The van der Waals surface area contributed by atoms with Crippen LogP contribution in [0, 0.1) is 0 Å². The zero-order chi connectivity index (χ0) is 12.4. The molecule has 92 valence electrons. The second-order valence-corrected chi connectivity index (χ2v) is 4.69. The molecule has 3 rings (SSSR count). The lowest BCUT2D eigenvalue weighted by molar-refractivity contribution is 0.683. The van der Waals surface area contributed by atoms with Crippen LogP contribution in [0.2, 0.25) is 0 Å². The Hall–Kier alpha value is -2.03. The molecular formula is C15H16N2O. The molecule has 1 N–H and O–H groups in total. The van der Waals surface area contributed by atoms with Crippen LogP contribution in [0.15, 0.2) is 47.3 Å². The molecule has 1 aliphatic heterocycles. The molecule has 3 heteroatoms. The zero-order valence-corrected chi connectivity index (χ0v) is 10.2. The quantitative estimate of drug-likeness (QED) is 0.874. The lowest BCUT2D eigenvalue weighted by Gasteiger charge is -2.31. The van der Waals surface area contributed by atoms with Crippen LogP contribution in [0.1, 0.15) is 17.7 Å². The fraction of sp³-hybridized carbons (Fsp3) is 0.267. The average molecular weight is 240 g/mol. The molecule has 2 heterocycles. The van der Waals surface area contributed by atoms with Crippen LogP contribution in [0.4, 0.5) is 5.69 Å². The number of pyridine rings is 1. The summed E-state index contributed by atoms with van der Waals surface area (Å²) in [4.78, 5) is 16.5. The van der Waals surface area contributed by atoms with E-state index in [1.165, 1.54) is 17.7 Å². The van der Waals surface area contributed by atoms with Crippen molar-refractivity contribution >= 4 is 5.69 Å².